The van der Waals surface area contributed by atoms with Gasteiger partial charge in [0.1, 0.15) is 18.1 Å². The lowest BCUT2D eigenvalue weighted by Crippen LogP contribution is -2.56. The van der Waals surface area contributed by atoms with Gasteiger partial charge in [-0.2, -0.15) is 0 Å². The molecule has 0 heterocycles. The number of hydrogen-bond donors (Lipinski definition) is 4. The maximum Gasteiger partial charge on any atom is 0.326 e. The fourth-order valence-corrected chi connectivity index (χ4v) is 3.17. The van der Waals surface area contributed by atoms with Crippen molar-refractivity contribution in [2.24, 2.45) is 16.4 Å². The Balaban J connectivity index is 2.85. The van der Waals surface area contributed by atoms with Gasteiger partial charge < -0.3 is 21.1 Å². The topological polar surface area (TPSA) is 173 Å². The van der Waals surface area contributed by atoms with Crippen molar-refractivity contribution in [3.63, 3.8) is 0 Å². The molecule has 4 N–H and O–H groups in total. The van der Waals surface area contributed by atoms with Crippen molar-refractivity contribution in [2.45, 2.75) is 65.6 Å². The Morgan fingerprint density at radius 2 is 1.71 bits per heavy atom. The Morgan fingerprint density at radius 3 is 2.21 bits per heavy atom. The van der Waals surface area contributed by atoms with Crippen LogP contribution in [0, 0.1) is 11.3 Å². The van der Waals surface area contributed by atoms with Crippen LogP contribution in [0.1, 0.15) is 46.6 Å². The first-order valence-corrected chi connectivity index (χ1v) is 11.1. The summed E-state index contributed by atoms with van der Waals surface area (Å²) in [6.45, 7) is 8.34. The normalized spacial score (nSPS) is 14.5. The summed E-state index contributed by atoms with van der Waals surface area (Å²) in [6, 6.07) is 5.70. The fraction of sp³-hybridized carbons (Fsp3) is 0.565. The van der Waals surface area contributed by atoms with Gasteiger partial charge in [-0.25, -0.2) is 4.79 Å². The van der Waals surface area contributed by atoms with Crippen molar-refractivity contribution in [2.75, 3.05) is 6.54 Å². The molecule has 0 bridgehead atoms. The Morgan fingerprint density at radius 1 is 1.09 bits per heavy atom. The maximum atomic E-state index is 12.9. The molecule has 0 fully saturated rings. The zero-order valence-corrected chi connectivity index (χ0v) is 20.2. The van der Waals surface area contributed by atoms with E-state index >= 15 is 0 Å². The van der Waals surface area contributed by atoms with Crippen LogP contribution in [0.2, 0.25) is 0 Å². The Labute approximate surface area is 199 Å². The van der Waals surface area contributed by atoms with Crippen LogP contribution in [-0.4, -0.2) is 53.5 Å². The molecule has 34 heavy (non-hydrogen) atoms. The second kappa shape index (κ2) is 13.2. The van der Waals surface area contributed by atoms with Gasteiger partial charge in [0, 0.05) is 11.3 Å². The van der Waals surface area contributed by atoms with E-state index in [-0.39, 0.29) is 12.3 Å². The van der Waals surface area contributed by atoms with E-state index in [1.165, 1.54) is 0 Å². The number of carboxylic acids is 1. The van der Waals surface area contributed by atoms with Crippen LogP contribution in [0.25, 0.3) is 10.4 Å². The largest absolute Gasteiger partial charge is 0.480 e. The zero-order chi connectivity index (χ0) is 25.9. The number of benzene rings is 1. The molecule has 0 radical (unpaired) electrons. The molecule has 1 aromatic carbocycles. The third-order valence-corrected chi connectivity index (χ3v) is 5.37. The molecule has 186 valence electrons. The Bertz CT molecular complexity index is 908. The van der Waals surface area contributed by atoms with E-state index in [0.717, 1.165) is 5.56 Å². The molecular weight excluding hydrogens is 440 g/mol. The third kappa shape index (κ3) is 9.11. The average Bonchev–Trinajstić information content (AvgIpc) is 2.78. The molecule has 11 heteroatoms. The number of azide groups is 1. The standard InChI is InChI=1S/C23H34N6O5/c1-6-14(2)18(20(31)26-16(22(33)34)12-15-10-8-7-9-11-15)27-17(30)13-25-21(32)19(28-29-24)23(3,4)5/h7-11,14,16,18-19H,6,12-13H2,1-5H3,(H,25,32)(H,26,31)(H,27,30)(H,33,34)/t14-,16-,18-,19+/m0/s1. The highest BCUT2D eigenvalue weighted by atomic mass is 16.4. The summed E-state index contributed by atoms with van der Waals surface area (Å²) < 4.78 is 0. The highest BCUT2D eigenvalue weighted by Gasteiger charge is 2.32. The summed E-state index contributed by atoms with van der Waals surface area (Å²) in [5, 5.41) is 20.6. The van der Waals surface area contributed by atoms with Crippen LogP contribution in [-0.2, 0) is 25.6 Å². The molecule has 0 aliphatic heterocycles. The van der Waals surface area contributed by atoms with E-state index < -0.39 is 53.8 Å². The van der Waals surface area contributed by atoms with Gasteiger partial charge in [-0.15, -0.1) is 0 Å². The van der Waals surface area contributed by atoms with E-state index in [4.69, 9.17) is 5.53 Å². The van der Waals surface area contributed by atoms with Crippen LogP contribution >= 0.6 is 0 Å². The summed E-state index contributed by atoms with van der Waals surface area (Å²) >= 11 is 0. The number of aliphatic carboxylic acids is 1. The number of rotatable bonds is 12. The monoisotopic (exact) mass is 474 g/mol. The highest BCUT2D eigenvalue weighted by Crippen LogP contribution is 2.22. The van der Waals surface area contributed by atoms with Crippen LogP contribution < -0.4 is 16.0 Å². The molecular formula is C23H34N6O5. The van der Waals surface area contributed by atoms with Crippen molar-refractivity contribution in [1.82, 2.24) is 16.0 Å². The number of carbonyl (C=O) groups excluding carboxylic acids is 3. The predicted octanol–water partition coefficient (Wildman–Crippen LogP) is 2.17. The van der Waals surface area contributed by atoms with Crippen molar-refractivity contribution >= 4 is 23.7 Å². The van der Waals surface area contributed by atoms with Crippen LogP contribution in [0.4, 0.5) is 0 Å². The lowest BCUT2D eigenvalue weighted by molar-refractivity contribution is -0.142. The molecule has 0 saturated carbocycles. The smallest absolute Gasteiger partial charge is 0.326 e. The van der Waals surface area contributed by atoms with Gasteiger partial charge >= 0.3 is 5.97 Å². The van der Waals surface area contributed by atoms with E-state index in [0.29, 0.717) is 6.42 Å². The second-order valence-corrected chi connectivity index (χ2v) is 9.21. The van der Waals surface area contributed by atoms with Crippen molar-refractivity contribution in [3.05, 3.63) is 46.3 Å². The van der Waals surface area contributed by atoms with Crippen molar-refractivity contribution in [1.29, 1.82) is 0 Å². The van der Waals surface area contributed by atoms with Crippen LogP contribution in [0.15, 0.2) is 35.4 Å². The van der Waals surface area contributed by atoms with E-state index in [1.807, 2.05) is 13.0 Å². The fourth-order valence-electron chi connectivity index (χ4n) is 3.17. The lowest BCUT2D eigenvalue weighted by Gasteiger charge is -2.27. The summed E-state index contributed by atoms with van der Waals surface area (Å²) in [5.41, 5.74) is 8.80. The number of amides is 3. The summed E-state index contributed by atoms with van der Waals surface area (Å²) in [7, 11) is 0. The van der Waals surface area contributed by atoms with Crippen molar-refractivity contribution in [3.8, 4) is 0 Å². The number of hydrogen-bond acceptors (Lipinski definition) is 5. The van der Waals surface area contributed by atoms with Gasteiger partial charge in [0.25, 0.3) is 0 Å². The first kappa shape index (κ1) is 28.4. The molecule has 11 nitrogen and oxygen atoms in total. The maximum absolute atomic E-state index is 12.9. The lowest BCUT2D eigenvalue weighted by atomic mass is 9.87. The molecule has 0 unspecified atom stereocenters. The van der Waals surface area contributed by atoms with Crippen molar-refractivity contribution < 1.29 is 24.3 Å². The second-order valence-electron chi connectivity index (χ2n) is 9.21. The van der Waals surface area contributed by atoms with E-state index in [2.05, 4.69) is 26.0 Å². The van der Waals surface area contributed by atoms with Crippen LogP contribution in [0.5, 0.6) is 0 Å². The minimum Gasteiger partial charge on any atom is -0.480 e. The van der Waals surface area contributed by atoms with Gasteiger partial charge in [-0.3, -0.25) is 14.4 Å². The Hall–Kier alpha value is -3.59. The highest BCUT2D eigenvalue weighted by molar-refractivity contribution is 5.92. The quantitative estimate of drug-likeness (QED) is 0.206. The van der Waals surface area contributed by atoms with Gasteiger partial charge in [-0.1, -0.05) is 76.5 Å². The molecule has 1 rings (SSSR count). The molecule has 0 aromatic heterocycles. The third-order valence-electron chi connectivity index (χ3n) is 5.37. The number of carbonyl (C=O) groups is 4. The summed E-state index contributed by atoms with van der Waals surface area (Å²) in [4.78, 5) is 52.2. The molecule has 0 spiro atoms. The van der Waals surface area contributed by atoms with E-state index in [9.17, 15) is 24.3 Å². The molecule has 4 atom stereocenters. The average molecular weight is 475 g/mol. The minimum absolute atomic E-state index is 0.0900. The first-order valence-electron chi connectivity index (χ1n) is 11.1. The number of nitrogens with one attached hydrogen (secondary N) is 3. The van der Waals surface area contributed by atoms with Crippen LogP contribution in [0.3, 0.4) is 0 Å². The van der Waals surface area contributed by atoms with Gasteiger partial charge in [0.15, 0.2) is 0 Å². The molecule has 0 aliphatic carbocycles. The van der Waals surface area contributed by atoms with Gasteiger partial charge in [0.05, 0.1) is 6.54 Å². The number of carboxylic acid groups (broad SMARTS) is 1. The van der Waals surface area contributed by atoms with Gasteiger partial charge in [-0.05, 0) is 22.4 Å². The van der Waals surface area contributed by atoms with E-state index in [1.54, 1.807) is 52.0 Å². The number of nitrogens with zero attached hydrogens (tertiary/aromatic N) is 3. The predicted molar refractivity (Wildman–Crippen MR) is 126 cm³/mol. The first-order chi connectivity index (χ1) is 15.9. The molecule has 1 aromatic rings. The van der Waals surface area contributed by atoms with Gasteiger partial charge in [0.2, 0.25) is 17.7 Å². The summed E-state index contributed by atoms with van der Waals surface area (Å²) in [5.74, 6) is -3.35. The SMILES string of the molecule is CC[C@H](C)[C@H](NC(=O)CNC(=O)[C@@H](N=[N+]=[N-])C(C)(C)C)C(=O)N[C@@H](Cc1ccccc1)C(=O)O. The minimum atomic E-state index is -1.19. The summed E-state index contributed by atoms with van der Waals surface area (Å²) in [6.07, 6.45) is 0.636. The zero-order valence-electron chi connectivity index (χ0n) is 20.2. The molecule has 3 amide bonds. The molecule has 0 aliphatic rings. The Kier molecular flexibility index (Phi) is 11.0. The molecule has 0 saturated heterocycles.